The summed E-state index contributed by atoms with van der Waals surface area (Å²) in [6.45, 7) is 0. The third-order valence-corrected chi connectivity index (χ3v) is 2.19. The Morgan fingerprint density at radius 2 is 1.92 bits per heavy atom. The standard InChI is InChI=1S/C8H6N2OS/c11-7-3-1-6(2-4-7)8-9-5-10-12-8/h1-5,11H. The first kappa shape index (κ1) is 7.24. The molecule has 1 heterocycles. The van der Waals surface area contributed by atoms with E-state index in [1.165, 1.54) is 17.9 Å². The third kappa shape index (κ3) is 1.29. The SMILES string of the molecule is Oc1ccc(-c2ncns2)cc1. The topological polar surface area (TPSA) is 46.0 Å². The van der Waals surface area contributed by atoms with Gasteiger partial charge in [-0.1, -0.05) is 0 Å². The van der Waals surface area contributed by atoms with Gasteiger partial charge in [0.05, 0.1) is 0 Å². The number of hydrogen-bond donors (Lipinski definition) is 1. The Labute approximate surface area is 73.5 Å². The van der Waals surface area contributed by atoms with E-state index in [0.29, 0.717) is 0 Å². The number of phenols is 1. The Morgan fingerprint density at radius 1 is 1.17 bits per heavy atom. The van der Waals surface area contributed by atoms with E-state index < -0.39 is 0 Å². The Hall–Kier alpha value is -1.42. The van der Waals surface area contributed by atoms with Crippen molar-refractivity contribution in [1.82, 2.24) is 9.36 Å². The van der Waals surface area contributed by atoms with Crippen molar-refractivity contribution in [3.63, 3.8) is 0 Å². The highest BCUT2D eigenvalue weighted by Gasteiger charge is 1.99. The second-order valence-corrected chi connectivity index (χ2v) is 3.07. The van der Waals surface area contributed by atoms with Gasteiger partial charge < -0.3 is 5.11 Å². The zero-order valence-electron chi connectivity index (χ0n) is 6.14. The predicted octanol–water partition coefficient (Wildman–Crippen LogP) is 1.91. The zero-order valence-corrected chi connectivity index (χ0v) is 6.95. The molecule has 0 aliphatic carbocycles. The van der Waals surface area contributed by atoms with E-state index in [1.54, 1.807) is 12.1 Å². The average molecular weight is 178 g/mol. The van der Waals surface area contributed by atoms with Crippen molar-refractivity contribution >= 4 is 11.5 Å². The number of hydrogen-bond acceptors (Lipinski definition) is 4. The zero-order chi connectivity index (χ0) is 8.39. The molecule has 0 bridgehead atoms. The summed E-state index contributed by atoms with van der Waals surface area (Å²) in [5, 5.41) is 9.89. The summed E-state index contributed by atoms with van der Waals surface area (Å²) in [6, 6.07) is 6.90. The number of nitrogens with zero attached hydrogens (tertiary/aromatic N) is 2. The lowest BCUT2D eigenvalue weighted by Crippen LogP contribution is -1.73. The van der Waals surface area contributed by atoms with E-state index in [1.807, 2.05) is 12.1 Å². The summed E-state index contributed by atoms with van der Waals surface area (Å²) in [6.07, 6.45) is 1.52. The molecule has 0 aliphatic rings. The molecule has 60 valence electrons. The van der Waals surface area contributed by atoms with Gasteiger partial charge in [-0.2, -0.15) is 4.37 Å². The quantitative estimate of drug-likeness (QED) is 0.725. The molecule has 0 aliphatic heterocycles. The first-order chi connectivity index (χ1) is 5.86. The van der Waals surface area contributed by atoms with Crippen LogP contribution in [0.15, 0.2) is 30.6 Å². The molecular weight excluding hydrogens is 172 g/mol. The van der Waals surface area contributed by atoms with Gasteiger partial charge in [-0.25, -0.2) is 4.98 Å². The Bertz CT molecular complexity index is 355. The maximum absolute atomic E-state index is 9.02. The van der Waals surface area contributed by atoms with Crippen molar-refractivity contribution in [3.05, 3.63) is 30.6 Å². The van der Waals surface area contributed by atoms with Gasteiger partial charge in [-0.3, -0.25) is 0 Å². The minimum atomic E-state index is 0.267. The summed E-state index contributed by atoms with van der Waals surface area (Å²) in [7, 11) is 0. The van der Waals surface area contributed by atoms with Crippen LogP contribution in [-0.4, -0.2) is 14.5 Å². The first-order valence-corrected chi connectivity index (χ1v) is 4.20. The monoisotopic (exact) mass is 178 g/mol. The van der Waals surface area contributed by atoms with Crippen molar-refractivity contribution in [3.8, 4) is 16.3 Å². The number of phenolic OH excluding ortho intramolecular Hbond substituents is 1. The van der Waals surface area contributed by atoms with Crippen molar-refractivity contribution in [2.24, 2.45) is 0 Å². The molecule has 0 fully saturated rings. The lowest BCUT2D eigenvalue weighted by Gasteiger charge is -1.94. The normalized spacial score (nSPS) is 10.0. The van der Waals surface area contributed by atoms with Crippen molar-refractivity contribution in [2.75, 3.05) is 0 Å². The Morgan fingerprint density at radius 3 is 2.50 bits per heavy atom. The van der Waals surface area contributed by atoms with Gasteiger partial charge in [0.2, 0.25) is 0 Å². The largest absolute Gasteiger partial charge is 0.508 e. The van der Waals surface area contributed by atoms with Crippen molar-refractivity contribution < 1.29 is 5.11 Å². The van der Waals surface area contributed by atoms with Gasteiger partial charge in [-0.15, -0.1) is 0 Å². The smallest absolute Gasteiger partial charge is 0.143 e. The molecule has 4 heteroatoms. The molecule has 0 atom stereocenters. The van der Waals surface area contributed by atoms with Crippen LogP contribution in [0, 0.1) is 0 Å². The summed E-state index contributed by atoms with van der Waals surface area (Å²) < 4.78 is 3.89. The van der Waals surface area contributed by atoms with Crippen LogP contribution in [0.4, 0.5) is 0 Å². The minimum absolute atomic E-state index is 0.267. The van der Waals surface area contributed by atoms with Gasteiger partial charge in [0.15, 0.2) is 0 Å². The molecule has 0 spiro atoms. The van der Waals surface area contributed by atoms with E-state index in [9.17, 15) is 0 Å². The molecule has 0 saturated carbocycles. The molecule has 1 aromatic carbocycles. The number of aromatic hydroxyl groups is 1. The number of benzene rings is 1. The molecule has 2 rings (SSSR count). The second-order valence-electron chi connectivity index (χ2n) is 2.29. The third-order valence-electron chi connectivity index (χ3n) is 1.48. The van der Waals surface area contributed by atoms with Gasteiger partial charge in [0.1, 0.15) is 17.1 Å². The van der Waals surface area contributed by atoms with Crippen LogP contribution in [0.2, 0.25) is 0 Å². The van der Waals surface area contributed by atoms with Crippen LogP contribution < -0.4 is 0 Å². The van der Waals surface area contributed by atoms with Gasteiger partial charge in [0, 0.05) is 5.56 Å². The van der Waals surface area contributed by atoms with Gasteiger partial charge in [0.25, 0.3) is 0 Å². The van der Waals surface area contributed by atoms with Crippen LogP contribution in [0.3, 0.4) is 0 Å². The van der Waals surface area contributed by atoms with E-state index >= 15 is 0 Å². The van der Waals surface area contributed by atoms with Gasteiger partial charge >= 0.3 is 0 Å². The van der Waals surface area contributed by atoms with Gasteiger partial charge in [-0.05, 0) is 35.8 Å². The fourth-order valence-corrected chi connectivity index (χ4v) is 1.43. The summed E-state index contributed by atoms with van der Waals surface area (Å²) in [5.41, 5.74) is 0.982. The first-order valence-electron chi connectivity index (χ1n) is 3.42. The predicted molar refractivity (Wildman–Crippen MR) is 47.0 cm³/mol. The fourth-order valence-electron chi connectivity index (χ4n) is 0.904. The van der Waals surface area contributed by atoms with E-state index in [2.05, 4.69) is 9.36 Å². The average Bonchev–Trinajstić information content (AvgIpc) is 2.58. The number of aromatic nitrogens is 2. The molecule has 3 nitrogen and oxygen atoms in total. The lowest BCUT2D eigenvalue weighted by atomic mass is 10.2. The highest BCUT2D eigenvalue weighted by atomic mass is 32.1. The van der Waals surface area contributed by atoms with E-state index in [0.717, 1.165) is 10.6 Å². The Balaban J connectivity index is 2.43. The maximum Gasteiger partial charge on any atom is 0.143 e. The second kappa shape index (κ2) is 2.91. The molecule has 0 saturated heterocycles. The molecule has 0 unspecified atom stereocenters. The van der Waals surface area contributed by atoms with Crippen LogP contribution in [-0.2, 0) is 0 Å². The Kier molecular flexibility index (Phi) is 1.75. The van der Waals surface area contributed by atoms with E-state index in [4.69, 9.17) is 5.11 Å². The minimum Gasteiger partial charge on any atom is -0.508 e. The summed E-state index contributed by atoms with van der Waals surface area (Å²) in [4.78, 5) is 4.04. The van der Waals surface area contributed by atoms with Crippen LogP contribution in [0.5, 0.6) is 5.75 Å². The van der Waals surface area contributed by atoms with Crippen LogP contribution in [0.1, 0.15) is 0 Å². The van der Waals surface area contributed by atoms with Crippen LogP contribution in [0.25, 0.3) is 10.6 Å². The fraction of sp³-hybridized carbons (Fsp3) is 0. The molecule has 12 heavy (non-hydrogen) atoms. The maximum atomic E-state index is 9.02. The van der Waals surface area contributed by atoms with Crippen LogP contribution >= 0.6 is 11.5 Å². The molecule has 0 radical (unpaired) electrons. The summed E-state index contributed by atoms with van der Waals surface area (Å²) in [5.74, 6) is 0.267. The molecule has 1 aromatic heterocycles. The molecule has 0 amide bonds. The highest BCUT2D eigenvalue weighted by Crippen LogP contribution is 2.21. The number of rotatable bonds is 1. The molecule has 2 aromatic rings. The van der Waals surface area contributed by atoms with Crippen molar-refractivity contribution in [1.29, 1.82) is 0 Å². The molecular formula is C8H6N2OS. The summed E-state index contributed by atoms with van der Waals surface area (Å²) >= 11 is 1.34. The highest BCUT2D eigenvalue weighted by molar-refractivity contribution is 7.09. The lowest BCUT2D eigenvalue weighted by molar-refractivity contribution is 0.475. The van der Waals surface area contributed by atoms with E-state index in [-0.39, 0.29) is 5.75 Å². The van der Waals surface area contributed by atoms with Crippen molar-refractivity contribution in [2.45, 2.75) is 0 Å². The molecule has 1 N–H and O–H groups in total.